The van der Waals surface area contributed by atoms with E-state index in [0.717, 1.165) is 124 Å². The van der Waals surface area contributed by atoms with Crippen LogP contribution in [0.4, 0.5) is 0 Å². The number of morpholine rings is 2. The second-order valence-corrected chi connectivity index (χ2v) is 8.90. The Morgan fingerprint density at radius 1 is 0.581 bits per heavy atom. The number of carbonyl (C=O) groups is 2. The molecule has 31 heavy (non-hydrogen) atoms. The van der Waals surface area contributed by atoms with Crippen molar-refractivity contribution in [2.24, 2.45) is 0 Å². The number of nitrogens with one attached hydrogen (secondary N) is 4. The van der Waals surface area contributed by atoms with Crippen LogP contribution < -0.4 is 20.4 Å². The third kappa shape index (κ3) is 13.7. The Kier molecular flexibility index (Phi) is 14.6. The normalized spacial score (nSPS) is 18.1. The summed E-state index contributed by atoms with van der Waals surface area (Å²) in [6.07, 6.45) is 8.43. The molecule has 0 unspecified atom stereocenters. The lowest BCUT2D eigenvalue weighted by molar-refractivity contribution is -0.908. The smallest absolute Gasteiger partial charge is 0.219 e. The summed E-state index contributed by atoms with van der Waals surface area (Å²) >= 11 is 0. The minimum atomic E-state index is 0.176. The monoisotopic (exact) mass is 442 g/mol. The summed E-state index contributed by atoms with van der Waals surface area (Å²) in [5.74, 6) is 0.352. The van der Waals surface area contributed by atoms with Gasteiger partial charge in [0.2, 0.25) is 11.8 Å². The van der Waals surface area contributed by atoms with Crippen molar-refractivity contribution in [3.8, 4) is 0 Å². The first kappa shape index (κ1) is 26.0. The molecule has 2 fully saturated rings. The van der Waals surface area contributed by atoms with Gasteiger partial charge in [-0.15, -0.1) is 0 Å². The fraction of sp³-hybridized carbons (Fsp3) is 0.913. The Bertz CT molecular complexity index is 438. The second-order valence-electron chi connectivity index (χ2n) is 8.90. The Morgan fingerprint density at radius 2 is 0.968 bits per heavy atom. The van der Waals surface area contributed by atoms with Gasteiger partial charge in [-0.1, -0.05) is 19.3 Å². The first-order chi connectivity index (χ1) is 15.2. The van der Waals surface area contributed by atoms with Crippen LogP contribution in [0.15, 0.2) is 0 Å². The van der Waals surface area contributed by atoms with Crippen LogP contribution in [0.1, 0.15) is 57.8 Å². The van der Waals surface area contributed by atoms with Crippen LogP contribution in [0, 0.1) is 0 Å². The summed E-state index contributed by atoms with van der Waals surface area (Å²) < 4.78 is 10.7. The zero-order valence-electron chi connectivity index (χ0n) is 19.5. The Labute approximate surface area is 188 Å². The van der Waals surface area contributed by atoms with E-state index in [-0.39, 0.29) is 11.8 Å². The lowest BCUT2D eigenvalue weighted by Gasteiger charge is -2.23. The van der Waals surface area contributed by atoms with Gasteiger partial charge >= 0.3 is 0 Å². The number of amides is 2. The fourth-order valence-electron chi connectivity index (χ4n) is 4.23. The quantitative estimate of drug-likeness (QED) is 0.221. The largest absolute Gasteiger partial charge is 0.370 e. The zero-order chi connectivity index (χ0) is 22.0. The average Bonchev–Trinajstić information content (AvgIpc) is 2.80. The molecule has 0 saturated carbocycles. The molecule has 0 spiro atoms. The van der Waals surface area contributed by atoms with E-state index >= 15 is 0 Å². The fourth-order valence-corrected chi connectivity index (χ4v) is 4.23. The van der Waals surface area contributed by atoms with Crippen LogP contribution in [0.5, 0.6) is 0 Å². The van der Waals surface area contributed by atoms with E-state index in [0.29, 0.717) is 12.8 Å². The standard InChI is InChI=1S/C23H44N4O4/c28-22(24-10-6-12-26-14-18-30-19-15-26)8-4-2-1-3-5-9-23(29)25-11-7-13-27-16-20-31-21-17-27/h1-21H2,(H,24,28)(H,25,29)/p+2. The van der Waals surface area contributed by atoms with Gasteiger partial charge < -0.3 is 29.9 Å². The molecule has 2 saturated heterocycles. The molecule has 2 aliphatic heterocycles. The van der Waals surface area contributed by atoms with Crippen LogP contribution in [0.3, 0.4) is 0 Å². The highest BCUT2D eigenvalue weighted by Crippen LogP contribution is 2.07. The summed E-state index contributed by atoms with van der Waals surface area (Å²) in [5, 5.41) is 6.08. The zero-order valence-corrected chi connectivity index (χ0v) is 19.5. The molecular weight excluding hydrogens is 396 g/mol. The first-order valence-electron chi connectivity index (χ1n) is 12.6. The number of unbranched alkanes of at least 4 members (excludes halogenated alkanes) is 4. The SMILES string of the molecule is O=C(CCCCCCCC(=O)NCCC[NH+]1CCOCC1)NCCC[NH+]1CCOCC1. The molecule has 180 valence electrons. The van der Waals surface area contributed by atoms with E-state index in [2.05, 4.69) is 10.6 Å². The average molecular weight is 443 g/mol. The Morgan fingerprint density at radius 3 is 1.39 bits per heavy atom. The van der Waals surface area contributed by atoms with E-state index < -0.39 is 0 Å². The van der Waals surface area contributed by atoms with E-state index in [1.165, 1.54) is 0 Å². The molecule has 4 N–H and O–H groups in total. The summed E-state index contributed by atoms with van der Waals surface area (Å²) in [7, 11) is 0. The molecule has 0 aliphatic carbocycles. The predicted octanol–water partition coefficient (Wildman–Crippen LogP) is -1.44. The van der Waals surface area contributed by atoms with Gasteiger partial charge in [-0.25, -0.2) is 0 Å². The summed E-state index contributed by atoms with van der Waals surface area (Å²) in [5.41, 5.74) is 0. The van der Waals surface area contributed by atoms with Gasteiger partial charge in [-0.2, -0.15) is 0 Å². The molecule has 2 amide bonds. The number of rotatable bonds is 16. The van der Waals surface area contributed by atoms with Gasteiger partial charge in [0, 0.05) is 38.8 Å². The maximum absolute atomic E-state index is 11.9. The minimum Gasteiger partial charge on any atom is -0.370 e. The highest BCUT2D eigenvalue weighted by atomic mass is 16.5. The van der Waals surface area contributed by atoms with Crippen molar-refractivity contribution in [2.75, 3.05) is 78.8 Å². The van der Waals surface area contributed by atoms with Crippen molar-refractivity contribution in [1.82, 2.24) is 10.6 Å². The van der Waals surface area contributed by atoms with Crippen molar-refractivity contribution < 1.29 is 28.9 Å². The maximum Gasteiger partial charge on any atom is 0.219 e. The van der Waals surface area contributed by atoms with E-state index in [4.69, 9.17) is 9.47 Å². The van der Waals surface area contributed by atoms with Crippen LogP contribution >= 0.6 is 0 Å². The number of hydrogen-bond acceptors (Lipinski definition) is 4. The number of ether oxygens (including phenoxy) is 2. The summed E-state index contributed by atoms with van der Waals surface area (Å²) in [6, 6.07) is 0. The van der Waals surface area contributed by atoms with E-state index in [9.17, 15) is 9.59 Å². The number of quaternary nitrogens is 2. The molecule has 0 bridgehead atoms. The predicted molar refractivity (Wildman–Crippen MR) is 120 cm³/mol. The minimum absolute atomic E-state index is 0.176. The lowest BCUT2D eigenvalue weighted by Crippen LogP contribution is -3.14. The number of hydrogen-bond donors (Lipinski definition) is 4. The van der Waals surface area contributed by atoms with Crippen molar-refractivity contribution in [1.29, 1.82) is 0 Å². The molecule has 2 heterocycles. The van der Waals surface area contributed by atoms with E-state index in [1.54, 1.807) is 9.80 Å². The Balaban J connectivity index is 1.30. The van der Waals surface area contributed by atoms with Gasteiger partial charge in [-0.3, -0.25) is 9.59 Å². The molecule has 0 atom stereocenters. The van der Waals surface area contributed by atoms with Crippen LogP contribution in [-0.2, 0) is 19.1 Å². The molecule has 2 aliphatic rings. The third-order valence-electron chi connectivity index (χ3n) is 6.27. The molecule has 0 aromatic rings. The second kappa shape index (κ2) is 17.3. The Hall–Kier alpha value is -1.22. The van der Waals surface area contributed by atoms with Gasteiger partial charge in [-0.05, 0) is 12.8 Å². The van der Waals surface area contributed by atoms with Crippen molar-refractivity contribution in [3.63, 3.8) is 0 Å². The summed E-state index contributed by atoms with van der Waals surface area (Å²) in [6.45, 7) is 11.6. The van der Waals surface area contributed by atoms with Crippen LogP contribution in [0.2, 0.25) is 0 Å². The van der Waals surface area contributed by atoms with Crippen molar-refractivity contribution in [2.45, 2.75) is 57.8 Å². The molecule has 0 aromatic carbocycles. The molecule has 0 radical (unpaired) electrons. The van der Waals surface area contributed by atoms with Gasteiger partial charge in [0.15, 0.2) is 0 Å². The molecule has 8 heteroatoms. The van der Waals surface area contributed by atoms with Crippen LogP contribution in [-0.4, -0.2) is 90.6 Å². The van der Waals surface area contributed by atoms with Gasteiger partial charge in [0.05, 0.1) is 39.5 Å². The van der Waals surface area contributed by atoms with Crippen molar-refractivity contribution >= 4 is 11.8 Å². The molecule has 0 aromatic heterocycles. The lowest BCUT2D eigenvalue weighted by atomic mass is 10.1. The molecular formula is C23H46N4O4+2. The topological polar surface area (TPSA) is 85.5 Å². The molecule has 2 rings (SSSR count). The van der Waals surface area contributed by atoms with Gasteiger partial charge in [0.25, 0.3) is 0 Å². The first-order valence-corrected chi connectivity index (χ1v) is 12.6. The van der Waals surface area contributed by atoms with Crippen molar-refractivity contribution in [3.05, 3.63) is 0 Å². The van der Waals surface area contributed by atoms with Crippen LogP contribution in [0.25, 0.3) is 0 Å². The number of carbonyl (C=O) groups excluding carboxylic acids is 2. The highest BCUT2D eigenvalue weighted by molar-refractivity contribution is 5.76. The molecule has 8 nitrogen and oxygen atoms in total. The van der Waals surface area contributed by atoms with E-state index in [1.807, 2.05) is 0 Å². The maximum atomic E-state index is 11.9. The highest BCUT2D eigenvalue weighted by Gasteiger charge is 2.14. The third-order valence-corrected chi connectivity index (χ3v) is 6.27. The summed E-state index contributed by atoms with van der Waals surface area (Å²) in [4.78, 5) is 27.0. The van der Waals surface area contributed by atoms with Gasteiger partial charge in [0.1, 0.15) is 26.2 Å².